The number of aliphatic hydroxyl groups excluding tert-OH is 1. The smallest absolute Gasteiger partial charge is 0.419 e. The zero-order valence-corrected chi connectivity index (χ0v) is 22.5. The third-order valence-corrected chi connectivity index (χ3v) is 6.98. The molecule has 206 valence electrons. The summed E-state index contributed by atoms with van der Waals surface area (Å²) >= 11 is 0. The summed E-state index contributed by atoms with van der Waals surface area (Å²) in [6, 6.07) is 5.34. The van der Waals surface area contributed by atoms with E-state index in [1.54, 1.807) is 64.0 Å². The first-order chi connectivity index (χ1) is 19.2. The molecule has 12 heteroatoms. The van der Waals surface area contributed by atoms with Gasteiger partial charge in [-0.3, -0.25) is 19.2 Å². The number of nitrogens with zero attached hydrogens (tertiary/aromatic N) is 7. The lowest BCUT2D eigenvalue weighted by Crippen LogP contribution is -2.41. The number of hydrogen-bond donors (Lipinski definition) is 2. The lowest BCUT2D eigenvalue weighted by Gasteiger charge is -2.31. The van der Waals surface area contributed by atoms with Gasteiger partial charge in [-0.05, 0) is 51.8 Å². The van der Waals surface area contributed by atoms with E-state index in [0.29, 0.717) is 46.8 Å². The van der Waals surface area contributed by atoms with Crippen LogP contribution in [-0.4, -0.2) is 71.1 Å². The van der Waals surface area contributed by atoms with Crippen LogP contribution in [0.15, 0.2) is 55.4 Å². The number of anilines is 2. The monoisotopic (exact) mass is 542 g/mol. The molecule has 40 heavy (non-hydrogen) atoms. The predicted octanol–water partition coefficient (Wildman–Crippen LogP) is 3.65. The Morgan fingerprint density at radius 1 is 1.05 bits per heavy atom. The number of hydrogen-bond acceptors (Lipinski definition) is 10. The van der Waals surface area contributed by atoms with Gasteiger partial charge in [-0.15, -0.1) is 0 Å². The van der Waals surface area contributed by atoms with Crippen LogP contribution in [-0.2, 0) is 4.74 Å². The van der Waals surface area contributed by atoms with Crippen molar-refractivity contribution in [1.82, 2.24) is 29.2 Å². The molecule has 4 aromatic rings. The Hall–Kier alpha value is -4.58. The Bertz CT molecular complexity index is 1570. The summed E-state index contributed by atoms with van der Waals surface area (Å²) in [5, 5.41) is 13.1. The highest BCUT2D eigenvalue weighted by molar-refractivity contribution is 6.08. The summed E-state index contributed by atoms with van der Waals surface area (Å²) in [5.41, 5.74) is 2.68. The molecule has 0 bridgehead atoms. The van der Waals surface area contributed by atoms with Crippen molar-refractivity contribution in [3.8, 4) is 11.4 Å². The lowest BCUT2D eigenvalue weighted by atomic mass is 10.0. The van der Waals surface area contributed by atoms with Crippen LogP contribution in [0.2, 0.25) is 0 Å². The molecular weight excluding hydrogens is 512 g/mol. The molecule has 12 nitrogen and oxygen atoms in total. The van der Waals surface area contributed by atoms with E-state index in [2.05, 4.69) is 30.2 Å². The number of carbonyl (C=O) groups is 2. The van der Waals surface area contributed by atoms with E-state index in [1.165, 1.54) is 0 Å². The summed E-state index contributed by atoms with van der Waals surface area (Å²) in [7, 11) is 0. The van der Waals surface area contributed by atoms with E-state index >= 15 is 0 Å². The van der Waals surface area contributed by atoms with Crippen LogP contribution in [0.3, 0.4) is 0 Å². The predicted molar refractivity (Wildman–Crippen MR) is 147 cm³/mol. The van der Waals surface area contributed by atoms with Gasteiger partial charge in [0.1, 0.15) is 17.6 Å². The maximum atomic E-state index is 13.7. The quantitative estimate of drug-likeness (QED) is 0.393. The highest BCUT2D eigenvalue weighted by Gasteiger charge is 2.45. The lowest BCUT2D eigenvalue weighted by molar-refractivity contribution is 0.0208. The van der Waals surface area contributed by atoms with Crippen LogP contribution in [0.5, 0.6) is 0 Å². The van der Waals surface area contributed by atoms with Crippen molar-refractivity contribution >= 4 is 29.2 Å². The number of amides is 2. The first-order valence-corrected chi connectivity index (χ1v) is 13.2. The number of piperidine rings is 1. The zero-order chi connectivity index (χ0) is 28.0. The van der Waals surface area contributed by atoms with Crippen LogP contribution < -0.4 is 10.2 Å². The van der Waals surface area contributed by atoms with Gasteiger partial charge in [0.15, 0.2) is 5.65 Å². The van der Waals surface area contributed by atoms with Gasteiger partial charge in [0.25, 0.3) is 5.91 Å². The summed E-state index contributed by atoms with van der Waals surface area (Å²) in [5.74, 6) is -0.0339. The Labute approximate surface area is 230 Å². The fourth-order valence-corrected chi connectivity index (χ4v) is 5.10. The molecule has 4 aromatic heterocycles. The number of nitrogens with one attached hydrogen (secondary N) is 1. The Morgan fingerprint density at radius 2 is 1.85 bits per heavy atom. The van der Waals surface area contributed by atoms with Gasteiger partial charge in [-0.25, -0.2) is 19.7 Å². The van der Waals surface area contributed by atoms with Gasteiger partial charge in [0.2, 0.25) is 0 Å². The highest BCUT2D eigenvalue weighted by atomic mass is 16.6. The van der Waals surface area contributed by atoms with Crippen molar-refractivity contribution in [2.45, 2.75) is 51.5 Å². The Kier molecular flexibility index (Phi) is 6.34. The SMILES string of the molecule is CC(C)(C)OC(=O)N1C(=O)c2ccnc(-c3cncc4nccn34)c2C1Nc1ccc(N2CCC(O)CC2)cn1. The Balaban J connectivity index is 1.40. The standard InChI is InChI=1S/C28H30N8O4/c1-28(2,3)40-27(39)36-25(33-21-5-4-17(14-32-21)34-11-7-18(37)8-12-34)23-19(26(36)38)6-9-31-24(23)20-15-29-16-22-30-10-13-35(20)22/h4-6,9-10,13-16,18,25,37H,7-8,11-12H2,1-3H3,(H,32,33). The molecule has 2 aliphatic rings. The van der Waals surface area contributed by atoms with Gasteiger partial charge >= 0.3 is 6.09 Å². The maximum Gasteiger partial charge on any atom is 0.419 e. The van der Waals surface area contributed by atoms with E-state index < -0.39 is 23.8 Å². The first-order valence-electron chi connectivity index (χ1n) is 13.2. The van der Waals surface area contributed by atoms with Crippen molar-refractivity contribution in [1.29, 1.82) is 0 Å². The molecule has 2 aliphatic heterocycles. The Morgan fingerprint density at radius 3 is 2.58 bits per heavy atom. The number of aromatic nitrogens is 5. The zero-order valence-electron chi connectivity index (χ0n) is 22.5. The molecule has 1 atom stereocenters. The van der Waals surface area contributed by atoms with Crippen molar-refractivity contribution in [3.63, 3.8) is 0 Å². The molecule has 0 spiro atoms. The molecule has 2 N–H and O–H groups in total. The molecule has 0 aromatic carbocycles. The molecule has 1 saturated heterocycles. The van der Waals surface area contributed by atoms with E-state index in [-0.39, 0.29) is 6.10 Å². The van der Waals surface area contributed by atoms with E-state index in [0.717, 1.165) is 23.7 Å². The number of fused-ring (bicyclic) bond motifs is 2. The number of rotatable bonds is 4. The van der Waals surface area contributed by atoms with Crippen LogP contribution in [0.4, 0.5) is 16.3 Å². The highest BCUT2D eigenvalue weighted by Crippen LogP contribution is 2.40. The summed E-state index contributed by atoms with van der Waals surface area (Å²) in [6.45, 7) is 6.74. The second kappa shape index (κ2) is 9.87. The minimum Gasteiger partial charge on any atom is -0.443 e. The molecule has 0 radical (unpaired) electrons. The second-order valence-electron chi connectivity index (χ2n) is 10.9. The summed E-state index contributed by atoms with van der Waals surface area (Å²) in [4.78, 5) is 48.2. The van der Waals surface area contributed by atoms with Crippen molar-refractivity contribution in [2.75, 3.05) is 23.3 Å². The average Bonchev–Trinajstić information content (AvgIpc) is 3.51. The van der Waals surface area contributed by atoms with Crippen LogP contribution in [0.1, 0.15) is 55.7 Å². The molecule has 6 rings (SSSR count). The fraction of sp³-hybridized carbons (Fsp3) is 0.357. The van der Waals surface area contributed by atoms with Crippen molar-refractivity contribution < 1.29 is 19.4 Å². The number of pyridine rings is 2. The normalized spacial score (nSPS) is 17.8. The summed E-state index contributed by atoms with van der Waals surface area (Å²) < 4.78 is 7.46. The molecule has 0 saturated carbocycles. The van der Waals surface area contributed by atoms with Gasteiger partial charge < -0.3 is 20.1 Å². The third kappa shape index (κ3) is 4.70. The van der Waals surface area contributed by atoms with E-state index in [4.69, 9.17) is 4.74 Å². The summed E-state index contributed by atoms with van der Waals surface area (Å²) in [6.07, 6.45) is 9.45. The van der Waals surface area contributed by atoms with Gasteiger partial charge in [0.05, 0.1) is 47.3 Å². The molecular formula is C28H30N8O4. The topological polar surface area (TPSA) is 138 Å². The number of carbonyl (C=O) groups excluding carboxylic acids is 2. The van der Waals surface area contributed by atoms with Crippen LogP contribution in [0, 0.1) is 0 Å². The molecule has 1 fully saturated rings. The van der Waals surface area contributed by atoms with Crippen molar-refractivity contribution in [3.05, 3.63) is 66.5 Å². The van der Waals surface area contributed by atoms with E-state index in [9.17, 15) is 14.7 Å². The number of ether oxygens (including phenoxy) is 1. The fourth-order valence-electron chi connectivity index (χ4n) is 5.10. The number of imide groups is 1. The number of aliphatic hydroxyl groups is 1. The van der Waals surface area contributed by atoms with Crippen molar-refractivity contribution in [2.24, 2.45) is 0 Å². The van der Waals surface area contributed by atoms with Gasteiger partial charge in [-0.2, -0.15) is 0 Å². The molecule has 0 aliphatic carbocycles. The largest absolute Gasteiger partial charge is 0.443 e. The minimum absolute atomic E-state index is 0.268. The van der Waals surface area contributed by atoms with Gasteiger partial charge in [0, 0.05) is 37.2 Å². The second-order valence-corrected chi connectivity index (χ2v) is 10.9. The first kappa shape index (κ1) is 25.7. The third-order valence-electron chi connectivity index (χ3n) is 6.98. The van der Waals surface area contributed by atoms with Crippen LogP contribution >= 0.6 is 0 Å². The maximum absolute atomic E-state index is 13.7. The number of imidazole rings is 1. The van der Waals surface area contributed by atoms with Crippen LogP contribution in [0.25, 0.3) is 17.0 Å². The van der Waals surface area contributed by atoms with Gasteiger partial charge in [-0.1, -0.05) is 0 Å². The van der Waals surface area contributed by atoms with E-state index in [1.807, 2.05) is 16.5 Å². The molecule has 6 heterocycles. The molecule has 2 amide bonds. The average molecular weight is 543 g/mol. The molecule has 1 unspecified atom stereocenters. The minimum atomic E-state index is -0.941.